The number of carbonyl (C=O) groups is 1. The number of halogens is 2. The van der Waals surface area contributed by atoms with Crippen LogP contribution in [0.4, 0.5) is 0 Å². The number of carbonyl (C=O) groups excluding carboxylic acids is 1. The lowest BCUT2D eigenvalue weighted by Gasteiger charge is -2.26. The molecule has 2 aromatic rings. The van der Waals surface area contributed by atoms with Gasteiger partial charge in [0.15, 0.2) is 0 Å². The van der Waals surface area contributed by atoms with Crippen LogP contribution >= 0.6 is 27.5 Å². The minimum absolute atomic E-state index is 0.105. The molecule has 1 aliphatic carbocycles. The standard InChI is InChI=1S/C16H18BrClN2O/c1-9-2-5-11(6-3-9)19-16(21)15-14(18)12-8-10(17)4-7-13(12)20-15/h4,7-9,11,20H,2-3,5-6H2,1H3,(H,19,21). The molecule has 0 unspecified atom stereocenters. The normalized spacial score (nSPS) is 22.4. The Morgan fingerprint density at radius 2 is 2.05 bits per heavy atom. The summed E-state index contributed by atoms with van der Waals surface area (Å²) < 4.78 is 0.948. The van der Waals surface area contributed by atoms with Gasteiger partial charge in [-0.2, -0.15) is 0 Å². The molecule has 1 aromatic heterocycles. The van der Waals surface area contributed by atoms with Crippen LogP contribution in [0.1, 0.15) is 43.1 Å². The average Bonchev–Trinajstić information content (AvgIpc) is 2.79. The summed E-state index contributed by atoms with van der Waals surface area (Å²) in [6.45, 7) is 2.27. The first kappa shape index (κ1) is 14.9. The molecule has 0 radical (unpaired) electrons. The van der Waals surface area contributed by atoms with Gasteiger partial charge in [-0.3, -0.25) is 4.79 Å². The fourth-order valence-electron chi connectivity index (χ4n) is 2.95. The second-order valence-electron chi connectivity index (χ2n) is 5.93. The number of fused-ring (bicyclic) bond motifs is 1. The van der Waals surface area contributed by atoms with E-state index in [0.29, 0.717) is 10.7 Å². The van der Waals surface area contributed by atoms with E-state index in [9.17, 15) is 4.79 Å². The third-order valence-corrected chi connectivity index (χ3v) is 5.16. The van der Waals surface area contributed by atoms with Gasteiger partial charge in [-0.25, -0.2) is 0 Å². The zero-order chi connectivity index (χ0) is 15.0. The molecule has 3 nitrogen and oxygen atoms in total. The molecule has 112 valence electrons. The minimum Gasteiger partial charge on any atom is -0.349 e. The number of amides is 1. The summed E-state index contributed by atoms with van der Waals surface area (Å²) in [6.07, 6.45) is 4.46. The highest BCUT2D eigenvalue weighted by Crippen LogP contribution is 2.30. The summed E-state index contributed by atoms with van der Waals surface area (Å²) in [5.74, 6) is 0.666. The molecule has 0 bridgehead atoms. The summed E-state index contributed by atoms with van der Waals surface area (Å²) >= 11 is 9.78. The van der Waals surface area contributed by atoms with E-state index in [-0.39, 0.29) is 11.9 Å². The highest BCUT2D eigenvalue weighted by Gasteiger charge is 2.23. The predicted octanol–water partition coefficient (Wildman–Crippen LogP) is 4.89. The molecule has 0 spiro atoms. The van der Waals surface area contributed by atoms with Crippen molar-refractivity contribution in [1.82, 2.24) is 10.3 Å². The largest absolute Gasteiger partial charge is 0.349 e. The van der Waals surface area contributed by atoms with E-state index >= 15 is 0 Å². The smallest absolute Gasteiger partial charge is 0.269 e. The van der Waals surface area contributed by atoms with Crippen molar-refractivity contribution in [3.63, 3.8) is 0 Å². The van der Waals surface area contributed by atoms with Crippen LogP contribution in [0.15, 0.2) is 22.7 Å². The molecule has 2 N–H and O–H groups in total. The fraction of sp³-hybridized carbons (Fsp3) is 0.438. The SMILES string of the molecule is CC1CCC(NC(=O)c2[nH]c3ccc(Br)cc3c2Cl)CC1. The van der Waals surface area contributed by atoms with Crippen molar-refractivity contribution in [3.05, 3.63) is 33.4 Å². The van der Waals surface area contributed by atoms with E-state index in [0.717, 1.165) is 34.1 Å². The molecule has 0 saturated heterocycles. The van der Waals surface area contributed by atoms with Crippen molar-refractivity contribution in [3.8, 4) is 0 Å². The Kier molecular flexibility index (Phi) is 4.27. The van der Waals surface area contributed by atoms with Crippen LogP contribution in [0.3, 0.4) is 0 Å². The quantitative estimate of drug-likeness (QED) is 0.777. The number of H-pyrrole nitrogens is 1. The number of rotatable bonds is 2. The number of hydrogen-bond donors (Lipinski definition) is 2. The summed E-state index contributed by atoms with van der Waals surface area (Å²) in [5, 5.41) is 4.47. The Morgan fingerprint density at radius 3 is 2.76 bits per heavy atom. The van der Waals surface area contributed by atoms with E-state index in [1.54, 1.807) is 0 Å². The van der Waals surface area contributed by atoms with Crippen molar-refractivity contribution < 1.29 is 4.79 Å². The average molecular weight is 370 g/mol. The molecule has 1 aromatic carbocycles. The maximum absolute atomic E-state index is 12.4. The van der Waals surface area contributed by atoms with Crippen LogP contribution in [-0.2, 0) is 0 Å². The Morgan fingerprint density at radius 1 is 1.33 bits per heavy atom. The van der Waals surface area contributed by atoms with Gasteiger partial charge in [0.05, 0.1) is 5.02 Å². The van der Waals surface area contributed by atoms with E-state index in [2.05, 4.69) is 33.2 Å². The van der Waals surface area contributed by atoms with Gasteiger partial charge in [0.25, 0.3) is 5.91 Å². The third kappa shape index (κ3) is 3.11. The minimum atomic E-state index is -0.105. The van der Waals surface area contributed by atoms with Crippen molar-refractivity contribution in [2.24, 2.45) is 5.92 Å². The number of nitrogens with one attached hydrogen (secondary N) is 2. The number of aromatic amines is 1. The van der Waals surface area contributed by atoms with Crippen LogP contribution in [-0.4, -0.2) is 16.9 Å². The molecular formula is C16H18BrClN2O. The molecule has 1 amide bonds. The molecule has 1 heterocycles. The second kappa shape index (κ2) is 6.01. The Labute approximate surface area is 137 Å². The van der Waals surface area contributed by atoms with Crippen LogP contribution in [0.5, 0.6) is 0 Å². The monoisotopic (exact) mass is 368 g/mol. The first-order chi connectivity index (χ1) is 10.0. The van der Waals surface area contributed by atoms with Crippen molar-refractivity contribution >= 4 is 44.3 Å². The summed E-state index contributed by atoms with van der Waals surface area (Å²) in [7, 11) is 0. The first-order valence-corrected chi connectivity index (χ1v) is 8.49. The van der Waals surface area contributed by atoms with Crippen molar-refractivity contribution in [2.75, 3.05) is 0 Å². The van der Waals surface area contributed by atoms with Crippen molar-refractivity contribution in [1.29, 1.82) is 0 Å². The van der Waals surface area contributed by atoms with Gasteiger partial charge in [-0.15, -0.1) is 0 Å². The van der Waals surface area contributed by atoms with E-state index in [4.69, 9.17) is 11.6 Å². The van der Waals surface area contributed by atoms with Crippen LogP contribution in [0.25, 0.3) is 10.9 Å². The van der Waals surface area contributed by atoms with Crippen LogP contribution in [0.2, 0.25) is 5.02 Å². The second-order valence-corrected chi connectivity index (χ2v) is 7.23. The Balaban J connectivity index is 1.80. The van der Waals surface area contributed by atoms with Gasteiger partial charge in [0.1, 0.15) is 5.69 Å². The van der Waals surface area contributed by atoms with E-state index in [1.165, 1.54) is 12.8 Å². The zero-order valence-electron chi connectivity index (χ0n) is 11.9. The molecule has 5 heteroatoms. The number of hydrogen-bond acceptors (Lipinski definition) is 1. The topological polar surface area (TPSA) is 44.9 Å². The predicted molar refractivity (Wildman–Crippen MR) is 89.9 cm³/mol. The van der Waals surface area contributed by atoms with E-state index < -0.39 is 0 Å². The molecule has 1 fully saturated rings. The lowest BCUT2D eigenvalue weighted by atomic mass is 9.87. The maximum atomic E-state index is 12.4. The number of benzene rings is 1. The molecule has 1 saturated carbocycles. The third-order valence-electron chi connectivity index (χ3n) is 4.28. The van der Waals surface area contributed by atoms with Gasteiger partial charge in [-0.05, 0) is 49.8 Å². The molecule has 0 atom stereocenters. The Hall–Kier alpha value is -1.000. The highest BCUT2D eigenvalue weighted by atomic mass is 79.9. The molecule has 0 aliphatic heterocycles. The van der Waals surface area contributed by atoms with E-state index in [1.807, 2.05) is 18.2 Å². The summed E-state index contributed by atoms with van der Waals surface area (Å²) in [6, 6.07) is 6.04. The lowest BCUT2D eigenvalue weighted by Crippen LogP contribution is -2.37. The van der Waals surface area contributed by atoms with Crippen LogP contribution < -0.4 is 5.32 Å². The van der Waals surface area contributed by atoms with Gasteiger partial charge in [0.2, 0.25) is 0 Å². The van der Waals surface area contributed by atoms with Gasteiger partial charge >= 0.3 is 0 Å². The number of aromatic nitrogens is 1. The molecule has 1 aliphatic rings. The zero-order valence-corrected chi connectivity index (χ0v) is 14.2. The highest BCUT2D eigenvalue weighted by molar-refractivity contribution is 9.10. The van der Waals surface area contributed by atoms with Gasteiger partial charge in [0, 0.05) is 21.4 Å². The van der Waals surface area contributed by atoms with Crippen LogP contribution in [0, 0.1) is 5.92 Å². The van der Waals surface area contributed by atoms with Gasteiger partial charge < -0.3 is 10.3 Å². The summed E-state index contributed by atoms with van der Waals surface area (Å²) in [4.78, 5) is 15.6. The lowest BCUT2D eigenvalue weighted by molar-refractivity contribution is 0.0919. The molecule has 3 rings (SSSR count). The van der Waals surface area contributed by atoms with Gasteiger partial charge in [-0.1, -0.05) is 34.5 Å². The summed E-state index contributed by atoms with van der Waals surface area (Å²) in [5.41, 5.74) is 1.34. The van der Waals surface area contributed by atoms with Crippen molar-refractivity contribution in [2.45, 2.75) is 38.6 Å². The first-order valence-electron chi connectivity index (χ1n) is 7.32. The maximum Gasteiger partial charge on any atom is 0.269 e. The molecule has 21 heavy (non-hydrogen) atoms. The Bertz CT molecular complexity index is 674. The molecular weight excluding hydrogens is 352 g/mol. The fourth-order valence-corrected chi connectivity index (χ4v) is 3.60.